The van der Waals surface area contributed by atoms with Crippen LogP contribution in [0.25, 0.3) is 0 Å². The number of nitrogens with one attached hydrogen (secondary N) is 3. The lowest BCUT2D eigenvalue weighted by molar-refractivity contribution is -0.160. The molecule has 46 heavy (non-hydrogen) atoms. The van der Waals surface area contributed by atoms with Crippen LogP contribution in [0.2, 0.25) is 0 Å². The number of carbonyl (C=O) groups is 6. The molecule has 0 aromatic carbocycles. The van der Waals surface area contributed by atoms with Crippen LogP contribution in [0.5, 0.6) is 0 Å². The van der Waals surface area contributed by atoms with E-state index in [1.165, 1.54) is 4.90 Å². The van der Waals surface area contributed by atoms with Gasteiger partial charge in [-0.3, -0.25) is 19.2 Å². The smallest absolute Gasteiger partial charge is 0.329 e. The Labute approximate surface area is 282 Å². The van der Waals surface area contributed by atoms with Crippen molar-refractivity contribution in [3.8, 4) is 0 Å². The summed E-state index contributed by atoms with van der Waals surface area (Å²) in [4.78, 5) is 79.1. The normalized spacial score (nSPS) is 21.1. The number of nitrogens with two attached hydrogens (primary N) is 1. The summed E-state index contributed by atoms with van der Waals surface area (Å²) in [5, 5.41) is 8.05. The maximum absolute atomic E-state index is 14.2. The molecule has 0 aromatic rings. The quantitative estimate of drug-likeness (QED) is 0.137. The van der Waals surface area contributed by atoms with Gasteiger partial charge in [0.1, 0.15) is 28.6 Å². The summed E-state index contributed by atoms with van der Waals surface area (Å²) < 4.78 is 5.53. The monoisotopic (exact) mass is 689 g/mol. The van der Waals surface area contributed by atoms with Gasteiger partial charge >= 0.3 is 12.0 Å². The van der Waals surface area contributed by atoms with Gasteiger partial charge in [-0.1, -0.05) is 60.8 Å². The second-order valence-corrected chi connectivity index (χ2v) is 16.9. The van der Waals surface area contributed by atoms with Gasteiger partial charge < -0.3 is 31.3 Å². The molecular formula is C32H53Cl2N5O7. The number of alkyl halides is 2. The Kier molecular flexibility index (Phi) is 13.4. The minimum Gasteiger partial charge on any atom is -0.458 e. The van der Waals surface area contributed by atoms with Crippen molar-refractivity contribution >= 4 is 58.7 Å². The zero-order chi connectivity index (χ0) is 35.4. The molecule has 1 unspecified atom stereocenters. The number of carbonyl (C=O) groups excluding carboxylic acids is 6. The van der Waals surface area contributed by atoms with E-state index in [0.717, 1.165) is 19.3 Å². The van der Waals surface area contributed by atoms with E-state index >= 15 is 0 Å². The van der Waals surface area contributed by atoms with Gasteiger partial charge in [0.2, 0.25) is 17.6 Å². The van der Waals surface area contributed by atoms with Crippen LogP contribution in [0.3, 0.4) is 0 Å². The lowest BCUT2D eigenvalue weighted by Gasteiger charge is -2.37. The van der Waals surface area contributed by atoms with Crippen LogP contribution < -0.4 is 21.7 Å². The van der Waals surface area contributed by atoms with Gasteiger partial charge in [0.05, 0.1) is 6.04 Å². The molecule has 1 aliphatic carbocycles. The molecule has 1 saturated heterocycles. The summed E-state index contributed by atoms with van der Waals surface area (Å²) in [6, 6.07) is -5.17. The second kappa shape index (κ2) is 15.5. The fraction of sp³-hybridized carbons (Fsp3) is 0.812. The van der Waals surface area contributed by atoms with Crippen LogP contribution in [0.1, 0.15) is 101 Å². The van der Waals surface area contributed by atoms with Gasteiger partial charge in [0.25, 0.3) is 5.91 Å². The molecule has 5 N–H and O–H groups in total. The Morgan fingerprint density at radius 2 is 1.41 bits per heavy atom. The molecule has 12 nitrogen and oxygen atoms in total. The van der Waals surface area contributed by atoms with Gasteiger partial charge in [0.15, 0.2) is 0 Å². The third-order valence-electron chi connectivity index (χ3n) is 8.41. The molecule has 0 spiro atoms. The number of rotatable bonds is 12. The van der Waals surface area contributed by atoms with Crippen molar-refractivity contribution in [3.05, 3.63) is 0 Å². The van der Waals surface area contributed by atoms with Crippen LogP contribution in [0.4, 0.5) is 4.79 Å². The molecule has 2 fully saturated rings. The number of Topliss-reactive ketones (excluding diaryl/α,β-unsaturated/α-hetero) is 1. The number of ketones is 1. The molecule has 0 aromatic heterocycles. The molecule has 0 bridgehead atoms. The average molecular weight is 691 g/mol. The van der Waals surface area contributed by atoms with Gasteiger partial charge in [-0.15, -0.1) is 23.2 Å². The van der Waals surface area contributed by atoms with Crippen LogP contribution in [0.15, 0.2) is 0 Å². The molecule has 14 heteroatoms. The number of likely N-dealkylation sites (tertiary alicyclic amines) is 1. The summed E-state index contributed by atoms with van der Waals surface area (Å²) in [5.74, 6) is -3.96. The first-order valence-electron chi connectivity index (χ1n) is 15.9. The molecule has 1 aliphatic heterocycles. The first-order valence-corrected chi connectivity index (χ1v) is 16.8. The molecule has 5 amide bonds. The van der Waals surface area contributed by atoms with E-state index in [2.05, 4.69) is 16.0 Å². The highest BCUT2D eigenvalue weighted by Gasteiger charge is 2.47. The van der Waals surface area contributed by atoms with E-state index < -0.39 is 86.9 Å². The summed E-state index contributed by atoms with van der Waals surface area (Å²) in [6.07, 6.45) is 4.14. The van der Waals surface area contributed by atoms with Gasteiger partial charge in [-0.05, 0) is 56.8 Å². The number of hydrogen-bond acceptors (Lipinski definition) is 7. The summed E-state index contributed by atoms with van der Waals surface area (Å²) in [6.45, 7) is 15.8. The maximum atomic E-state index is 14.2. The Morgan fingerprint density at radius 1 is 0.870 bits per heavy atom. The number of esters is 1. The van der Waals surface area contributed by atoms with E-state index in [1.807, 2.05) is 0 Å². The van der Waals surface area contributed by atoms with E-state index in [1.54, 1.807) is 62.3 Å². The van der Waals surface area contributed by atoms with Crippen LogP contribution >= 0.6 is 23.2 Å². The van der Waals surface area contributed by atoms with Crippen molar-refractivity contribution in [1.29, 1.82) is 0 Å². The molecule has 1 heterocycles. The fourth-order valence-electron chi connectivity index (χ4n) is 5.54. The average Bonchev–Trinajstić information content (AvgIpc) is 3.31. The predicted octanol–water partition coefficient (Wildman–Crippen LogP) is 3.60. The lowest BCUT2D eigenvalue weighted by atomic mass is 9.81. The Hall–Kier alpha value is -2.60. The van der Waals surface area contributed by atoms with Gasteiger partial charge in [-0.2, -0.15) is 0 Å². The fourth-order valence-corrected chi connectivity index (χ4v) is 5.91. The van der Waals surface area contributed by atoms with Crippen LogP contribution in [-0.2, 0) is 28.7 Å². The molecule has 262 valence electrons. The standard InChI is InChI=1S/C32H53Cl2N5O7/c1-30(2,3)22(37-29(45)38-23(31(4,5)6)28(44)46-32(7,8)9)27(43)39-16-18(24(33)34)15-20(39)26(42)36-19(21(40)25(35)41)14-13-17-11-10-12-17/h17-20,22-24H,10-16H2,1-9H3,(H2,35,41)(H,36,42)(H2,37,38,45)/t18-,19?,20+,22-,23-/m1/s1. The first-order chi connectivity index (χ1) is 20.9. The van der Waals surface area contributed by atoms with Gasteiger partial charge in [-0.25, -0.2) is 9.59 Å². The number of amides is 5. The van der Waals surface area contributed by atoms with Crippen LogP contribution in [-0.4, -0.2) is 81.6 Å². The molecule has 1 saturated carbocycles. The molecule has 2 rings (SSSR count). The van der Waals surface area contributed by atoms with E-state index in [4.69, 9.17) is 33.7 Å². The highest BCUT2D eigenvalue weighted by Crippen LogP contribution is 2.34. The topological polar surface area (TPSA) is 177 Å². The van der Waals surface area contributed by atoms with Crippen molar-refractivity contribution in [1.82, 2.24) is 20.9 Å². The molecular weight excluding hydrogens is 637 g/mol. The Bertz CT molecular complexity index is 1150. The number of nitrogens with zero attached hydrogens (tertiary/aromatic N) is 1. The summed E-state index contributed by atoms with van der Waals surface area (Å²) >= 11 is 12.4. The summed E-state index contributed by atoms with van der Waals surface area (Å²) in [5.41, 5.74) is 2.93. The minimum atomic E-state index is -1.15. The number of urea groups is 1. The van der Waals surface area contributed by atoms with Crippen molar-refractivity contribution < 1.29 is 33.5 Å². The Balaban J connectivity index is 2.32. The lowest BCUT2D eigenvalue weighted by Crippen LogP contribution is -2.62. The predicted molar refractivity (Wildman–Crippen MR) is 176 cm³/mol. The molecule has 0 radical (unpaired) electrons. The van der Waals surface area contributed by atoms with Crippen molar-refractivity contribution in [2.75, 3.05) is 6.54 Å². The summed E-state index contributed by atoms with van der Waals surface area (Å²) in [7, 11) is 0. The number of ether oxygens (including phenoxy) is 1. The second-order valence-electron chi connectivity index (χ2n) is 15.7. The minimum absolute atomic E-state index is 0.0174. The van der Waals surface area contributed by atoms with Crippen molar-refractivity contribution in [3.63, 3.8) is 0 Å². The number of hydrogen-bond donors (Lipinski definition) is 4. The maximum Gasteiger partial charge on any atom is 0.329 e. The third kappa shape index (κ3) is 11.3. The van der Waals surface area contributed by atoms with Gasteiger partial charge in [0, 0.05) is 12.5 Å². The highest BCUT2D eigenvalue weighted by molar-refractivity contribution is 6.44. The van der Waals surface area contributed by atoms with E-state index in [9.17, 15) is 28.8 Å². The number of primary amides is 1. The van der Waals surface area contributed by atoms with E-state index in [-0.39, 0.29) is 19.4 Å². The molecule has 2 aliphatic rings. The number of halogens is 2. The molecule has 5 atom stereocenters. The SMILES string of the molecule is CC(C)(C)OC(=O)[C@@H](NC(=O)N[C@H](C(=O)N1C[C@H](C(Cl)Cl)C[C@H]1C(=O)NC(CCC1CCC1)C(=O)C(N)=O)C(C)(C)C)C(C)(C)C. The van der Waals surface area contributed by atoms with E-state index in [0.29, 0.717) is 12.3 Å². The third-order valence-corrected chi connectivity index (χ3v) is 9.12. The largest absolute Gasteiger partial charge is 0.458 e. The first kappa shape index (κ1) is 39.6. The Morgan fingerprint density at radius 3 is 1.85 bits per heavy atom. The van der Waals surface area contributed by atoms with Crippen LogP contribution in [0, 0.1) is 22.7 Å². The zero-order valence-corrected chi connectivity index (χ0v) is 30.1. The van der Waals surface area contributed by atoms with Crippen molar-refractivity contribution in [2.45, 2.75) is 135 Å². The zero-order valence-electron chi connectivity index (χ0n) is 28.6. The highest BCUT2D eigenvalue weighted by atomic mass is 35.5. The van der Waals surface area contributed by atoms with Crippen molar-refractivity contribution in [2.24, 2.45) is 28.4 Å².